The van der Waals surface area contributed by atoms with E-state index < -0.39 is 0 Å². The molecule has 2 rings (SSSR count). The van der Waals surface area contributed by atoms with E-state index in [0.29, 0.717) is 5.92 Å². The van der Waals surface area contributed by atoms with Crippen molar-refractivity contribution in [2.24, 2.45) is 4.99 Å². The first-order chi connectivity index (χ1) is 11.7. The summed E-state index contributed by atoms with van der Waals surface area (Å²) in [4.78, 5) is 8.59. The van der Waals surface area contributed by atoms with E-state index in [1.54, 1.807) is 14.2 Å². The van der Waals surface area contributed by atoms with E-state index in [4.69, 9.17) is 4.74 Å². The number of aromatic nitrogens is 1. The largest absolute Gasteiger partial charge is 0.496 e. The molecular weight excluding hydrogens is 300 g/mol. The highest BCUT2D eigenvalue weighted by Gasteiger charge is 2.11. The number of rotatable bonds is 7. The molecule has 5 heteroatoms. The first kappa shape index (κ1) is 17.8. The van der Waals surface area contributed by atoms with Gasteiger partial charge in [0.1, 0.15) is 5.75 Å². The monoisotopic (exact) mass is 326 g/mol. The molecule has 5 nitrogen and oxygen atoms in total. The van der Waals surface area contributed by atoms with Crippen LogP contribution in [0.15, 0.2) is 53.7 Å². The summed E-state index contributed by atoms with van der Waals surface area (Å²) in [7, 11) is 3.49. The number of nitrogens with one attached hydrogen (secondary N) is 2. The average Bonchev–Trinajstić information content (AvgIpc) is 2.65. The lowest BCUT2D eigenvalue weighted by Crippen LogP contribution is -2.40. The zero-order chi connectivity index (χ0) is 17.2. The summed E-state index contributed by atoms with van der Waals surface area (Å²) in [5.74, 6) is 2.04. The molecule has 0 aliphatic carbocycles. The van der Waals surface area contributed by atoms with Gasteiger partial charge in [0.05, 0.1) is 7.11 Å². The van der Waals surface area contributed by atoms with Gasteiger partial charge in [-0.05, 0) is 23.8 Å². The van der Waals surface area contributed by atoms with Gasteiger partial charge in [0.15, 0.2) is 5.96 Å². The predicted molar refractivity (Wildman–Crippen MR) is 98.7 cm³/mol. The van der Waals surface area contributed by atoms with Gasteiger partial charge in [-0.3, -0.25) is 9.98 Å². The van der Waals surface area contributed by atoms with Crippen LogP contribution in [0.4, 0.5) is 0 Å². The summed E-state index contributed by atoms with van der Waals surface area (Å²) >= 11 is 0. The number of para-hydroxylation sites is 1. The zero-order valence-electron chi connectivity index (χ0n) is 14.6. The molecule has 0 saturated carbocycles. The topological polar surface area (TPSA) is 58.5 Å². The molecule has 2 N–H and O–H groups in total. The van der Waals surface area contributed by atoms with E-state index in [2.05, 4.69) is 33.6 Å². The highest BCUT2D eigenvalue weighted by Crippen LogP contribution is 2.25. The third-order valence-corrected chi connectivity index (χ3v) is 3.87. The fourth-order valence-corrected chi connectivity index (χ4v) is 2.51. The molecule has 128 valence electrons. The molecule has 0 aliphatic heterocycles. The molecule has 1 heterocycles. The van der Waals surface area contributed by atoms with E-state index >= 15 is 0 Å². The Hall–Kier alpha value is -2.56. The maximum atomic E-state index is 5.43. The summed E-state index contributed by atoms with van der Waals surface area (Å²) in [6.07, 6.45) is 2.68. The Balaban J connectivity index is 1.80. The Bertz CT molecular complexity index is 643. The summed E-state index contributed by atoms with van der Waals surface area (Å²) in [5, 5.41) is 6.69. The van der Waals surface area contributed by atoms with Gasteiger partial charge >= 0.3 is 0 Å². The van der Waals surface area contributed by atoms with E-state index in [9.17, 15) is 0 Å². The summed E-state index contributed by atoms with van der Waals surface area (Å²) in [5.41, 5.74) is 2.26. The molecule has 1 atom stereocenters. The maximum absolute atomic E-state index is 5.43. The third-order valence-electron chi connectivity index (χ3n) is 3.87. The first-order valence-corrected chi connectivity index (χ1v) is 8.22. The number of benzene rings is 1. The summed E-state index contributed by atoms with van der Waals surface area (Å²) < 4.78 is 5.43. The van der Waals surface area contributed by atoms with E-state index in [1.807, 2.05) is 42.6 Å². The van der Waals surface area contributed by atoms with Crippen molar-refractivity contribution in [3.8, 4) is 5.75 Å². The molecule has 24 heavy (non-hydrogen) atoms. The van der Waals surface area contributed by atoms with Crippen molar-refractivity contribution in [2.75, 3.05) is 27.2 Å². The van der Waals surface area contributed by atoms with Crippen LogP contribution in [0.5, 0.6) is 5.75 Å². The molecule has 0 bridgehead atoms. The number of guanidine groups is 1. The Kier molecular flexibility index (Phi) is 7.08. The number of ether oxygens (including phenoxy) is 1. The normalized spacial score (nSPS) is 12.5. The van der Waals surface area contributed by atoms with Crippen LogP contribution < -0.4 is 15.4 Å². The third kappa shape index (κ3) is 5.26. The van der Waals surface area contributed by atoms with Crippen LogP contribution in [0, 0.1) is 0 Å². The van der Waals surface area contributed by atoms with Gasteiger partial charge in [-0.1, -0.05) is 31.2 Å². The molecule has 0 fully saturated rings. The van der Waals surface area contributed by atoms with Gasteiger partial charge in [-0.2, -0.15) is 0 Å². The lowest BCUT2D eigenvalue weighted by atomic mass is 10.0. The van der Waals surface area contributed by atoms with Crippen LogP contribution in [0.25, 0.3) is 0 Å². The van der Waals surface area contributed by atoms with Crippen molar-refractivity contribution in [1.29, 1.82) is 0 Å². The van der Waals surface area contributed by atoms with Gasteiger partial charge < -0.3 is 15.4 Å². The van der Waals surface area contributed by atoms with Gasteiger partial charge in [-0.15, -0.1) is 0 Å². The second kappa shape index (κ2) is 9.55. The molecule has 0 aliphatic rings. The van der Waals surface area contributed by atoms with Gasteiger partial charge in [0.2, 0.25) is 0 Å². The lowest BCUT2D eigenvalue weighted by Gasteiger charge is -2.18. The van der Waals surface area contributed by atoms with Crippen molar-refractivity contribution < 1.29 is 4.74 Å². The molecule has 1 unspecified atom stereocenters. The molecule has 1 aromatic carbocycles. The second-order valence-corrected chi connectivity index (χ2v) is 5.59. The Morgan fingerprint density at radius 2 is 1.96 bits per heavy atom. The average molecular weight is 326 g/mol. The van der Waals surface area contributed by atoms with Crippen LogP contribution >= 0.6 is 0 Å². The van der Waals surface area contributed by atoms with Crippen LogP contribution in [-0.2, 0) is 6.42 Å². The predicted octanol–water partition coefficient (Wildman–Crippen LogP) is 2.60. The Morgan fingerprint density at radius 1 is 1.17 bits per heavy atom. The van der Waals surface area contributed by atoms with Crippen molar-refractivity contribution in [1.82, 2.24) is 15.6 Å². The van der Waals surface area contributed by atoms with E-state index in [-0.39, 0.29) is 0 Å². The van der Waals surface area contributed by atoms with Crippen LogP contribution in [0.2, 0.25) is 0 Å². The fourth-order valence-electron chi connectivity index (χ4n) is 2.51. The quantitative estimate of drug-likeness (QED) is 0.606. The molecule has 0 radical (unpaired) electrons. The molecule has 0 spiro atoms. The molecule has 2 aromatic rings. The number of aliphatic imine (C=N–C) groups is 1. The smallest absolute Gasteiger partial charge is 0.191 e. The number of nitrogens with zero attached hydrogens (tertiary/aromatic N) is 2. The summed E-state index contributed by atoms with van der Waals surface area (Å²) in [6.45, 7) is 3.75. The Labute approximate surface area is 144 Å². The maximum Gasteiger partial charge on any atom is 0.191 e. The van der Waals surface area contributed by atoms with Crippen LogP contribution in [-0.4, -0.2) is 38.2 Å². The minimum atomic E-state index is 0.315. The van der Waals surface area contributed by atoms with Gasteiger partial charge in [0, 0.05) is 44.4 Å². The SMILES string of the molecule is CN=C(NCCc1ccccn1)NCC(C)c1ccccc1OC. The number of hydrogen-bond acceptors (Lipinski definition) is 3. The summed E-state index contributed by atoms with van der Waals surface area (Å²) in [6, 6.07) is 14.1. The fraction of sp³-hybridized carbons (Fsp3) is 0.368. The van der Waals surface area contributed by atoms with E-state index in [1.165, 1.54) is 5.56 Å². The van der Waals surface area contributed by atoms with Crippen molar-refractivity contribution >= 4 is 5.96 Å². The standard InChI is InChI=1S/C19H26N4O/c1-15(17-9-4-5-10-18(17)24-3)14-23-19(20-2)22-13-11-16-8-6-7-12-21-16/h4-10,12,15H,11,13-14H2,1-3H3,(H2,20,22,23). The van der Waals surface area contributed by atoms with Gasteiger partial charge in [0.25, 0.3) is 0 Å². The number of pyridine rings is 1. The highest BCUT2D eigenvalue weighted by atomic mass is 16.5. The first-order valence-electron chi connectivity index (χ1n) is 8.22. The van der Waals surface area contributed by atoms with Crippen LogP contribution in [0.3, 0.4) is 0 Å². The lowest BCUT2D eigenvalue weighted by molar-refractivity contribution is 0.406. The minimum absolute atomic E-state index is 0.315. The van der Waals surface area contributed by atoms with E-state index in [0.717, 1.165) is 36.9 Å². The number of methoxy groups -OCH3 is 1. The van der Waals surface area contributed by atoms with Crippen molar-refractivity contribution in [3.63, 3.8) is 0 Å². The molecular formula is C19H26N4O. The van der Waals surface area contributed by atoms with Crippen molar-refractivity contribution in [2.45, 2.75) is 19.3 Å². The van der Waals surface area contributed by atoms with Crippen LogP contribution in [0.1, 0.15) is 24.1 Å². The zero-order valence-corrected chi connectivity index (χ0v) is 14.6. The molecule has 0 amide bonds. The number of hydrogen-bond donors (Lipinski definition) is 2. The highest BCUT2D eigenvalue weighted by molar-refractivity contribution is 5.79. The van der Waals surface area contributed by atoms with Gasteiger partial charge in [-0.25, -0.2) is 0 Å². The minimum Gasteiger partial charge on any atom is -0.496 e. The van der Waals surface area contributed by atoms with Crippen molar-refractivity contribution in [3.05, 3.63) is 59.9 Å². The second-order valence-electron chi connectivity index (χ2n) is 5.59. The molecule has 1 aromatic heterocycles. The molecule has 0 saturated heterocycles. The Morgan fingerprint density at radius 3 is 2.67 bits per heavy atom.